The number of carbonyl (C=O) groups is 2. The van der Waals surface area contributed by atoms with E-state index >= 15 is 0 Å². The lowest BCUT2D eigenvalue weighted by Gasteiger charge is -2.31. The summed E-state index contributed by atoms with van der Waals surface area (Å²) in [6.07, 6.45) is -5.33. The number of amides is 2. The van der Waals surface area contributed by atoms with Crippen LogP contribution >= 0.6 is 11.3 Å². The fourth-order valence-corrected chi connectivity index (χ4v) is 5.42. The number of hydrogen-bond donors (Lipinski definition) is 3. The summed E-state index contributed by atoms with van der Waals surface area (Å²) in [7, 11) is 3.60. The third-order valence-corrected chi connectivity index (χ3v) is 8.34. The summed E-state index contributed by atoms with van der Waals surface area (Å²) in [6.45, 7) is -0.194. The van der Waals surface area contributed by atoms with Gasteiger partial charge in [0.2, 0.25) is 11.5 Å². The first-order valence-electron chi connectivity index (χ1n) is 12.5. The fourth-order valence-electron chi connectivity index (χ4n) is 4.49. The van der Waals surface area contributed by atoms with E-state index in [0.717, 1.165) is 18.2 Å². The number of nitrogens with zero attached hydrogens (tertiary/aromatic N) is 3. The number of nitrogens with two attached hydrogens (primary N) is 1. The maximum absolute atomic E-state index is 14.6. The Morgan fingerprint density at radius 3 is 2.45 bits per heavy atom. The highest BCUT2D eigenvalue weighted by atomic mass is 32.1. The second-order valence-corrected chi connectivity index (χ2v) is 11.3. The average molecular weight is 604 g/mol. The van der Waals surface area contributed by atoms with Crippen LogP contribution in [0.2, 0.25) is 0 Å². The molecule has 4 N–H and O–H groups in total. The first kappa shape index (κ1) is 29.2. The third kappa shape index (κ3) is 4.90. The fraction of sp³-hybridized carbons (Fsp3) is 0.286. The number of benzene rings is 2. The van der Waals surface area contributed by atoms with Crippen molar-refractivity contribution < 1.29 is 37.0 Å². The maximum Gasteiger partial charge on any atom is 0.424 e. The number of anilines is 1. The molecule has 2 aromatic carbocycles. The van der Waals surface area contributed by atoms with E-state index in [1.807, 2.05) is 0 Å². The van der Waals surface area contributed by atoms with Crippen molar-refractivity contribution in [3.63, 3.8) is 0 Å². The number of hydrogen-bond acceptors (Lipinski definition) is 8. The summed E-state index contributed by atoms with van der Waals surface area (Å²) >= 11 is 1.30. The van der Waals surface area contributed by atoms with Gasteiger partial charge in [-0.15, -0.1) is 0 Å². The predicted octanol–water partition coefficient (Wildman–Crippen LogP) is 3.88. The van der Waals surface area contributed by atoms with Gasteiger partial charge in [-0.2, -0.15) is 13.2 Å². The van der Waals surface area contributed by atoms with Gasteiger partial charge in [-0.25, -0.2) is 14.4 Å². The average Bonchev–Trinajstić information content (AvgIpc) is 3.53. The first-order valence-corrected chi connectivity index (χ1v) is 13.4. The van der Waals surface area contributed by atoms with Crippen molar-refractivity contribution in [2.75, 3.05) is 32.1 Å². The van der Waals surface area contributed by atoms with Crippen molar-refractivity contribution in [3.05, 3.63) is 71.2 Å². The number of thiazole rings is 1. The first-order chi connectivity index (χ1) is 19.6. The van der Waals surface area contributed by atoms with E-state index < -0.39 is 47.1 Å². The second-order valence-electron chi connectivity index (χ2n) is 10.3. The zero-order chi connectivity index (χ0) is 30.6. The minimum atomic E-state index is -5.33. The molecule has 3 heterocycles. The van der Waals surface area contributed by atoms with Gasteiger partial charge in [0, 0.05) is 30.8 Å². The summed E-state index contributed by atoms with van der Waals surface area (Å²) in [4.78, 5) is 35.6. The van der Waals surface area contributed by atoms with Crippen molar-refractivity contribution >= 4 is 38.5 Å². The smallest absolute Gasteiger partial charge is 0.424 e. The van der Waals surface area contributed by atoms with Crippen molar-refractivity contribution in [2.45, 2.75) is 24.1 Å². The molecule has 0 spiro atoms. The van der Waals surface area contributed by atoms with Crippen LogP contribution in [0.3, 0.4) is 0 Å². The van der Waals surface area contributed by atoms with Gasteiger partial charge in [0.1, 0.15) is 29.3 Å². The minimum Gasteiger partial charge on any atom is -0.489 e. The topological polar surface area (TPSA) is 131 Å². The maximum atomic E-state index is 14.6. The summed E-state index contributed by atoms with van der Waals surface area (Å²) in [6, 6.07) is 10.1. The molecule has 9 nitrogen and oxygen atoms in total. The molecule has 0 fully saturated rings. The Hall–Kier alpha value is -4.30. The molecule has 0 aliphatic carbocycles. The van der Waals surface area contributed by atoms with E-state index in [-0.39, 0.29) is 34.7 Å². The van der Waals surface area contributed by atoms with E-state index in [0.29, 0.717) is 15.3 Å². The Morgan fingerprint density at radius 1 is 1.14 bits per heavy atom. The molecule has 0 saturated heterocycles. The molecular formula is C28H25F4N5O4S. The van der Waals surface area contributed by atoms with Gasteiger partial charge in [-0.3, -0.25) is 9.59 Å². The van der Waals surface area contributed by atoms with E-state index in [9.17, 15) is 32.3 Å². The molecule has 2 atom stereocenters. The Balaban J connectivity index is 1.56. The molecule has 220 valence electrons. The number of pyridine rings is 1. The van der Waals surface area contributed by atoms with Crippen molar-refractivity contribution in [3.8, 4) is 17.0 Å². The molecule has 2 amide bonds. The molecule has 5 rings (SSSR count). The van der Waals surface area contributed by atoms with Crippen LogP contribution in [-0.2, 0) is 15.8 Å². The van der Waals surface area contributed by atoms with Gasteiger partial charge in [-0.1, -0.05) is 11.3 Å². The van der Waals surface area contributed by atoms with Crippen LogP contribution in [-0.4, -0.2) is 60.3 Å². The van der Waals surface area contributed by atoms with Gasteiger partial charge >= 0.3 is 6.18 Å². The van der Waals surface area contributed by atoms with Crippen molar-refractivity contribution in [1.29, 1.82) is 0 Å². The van der Waals surface area contributed by atoms with Gasteiger partial charge in [0.05, 0.1) is 22.5 Å². The SMILES string of the molecule is CN(C)c1nc2ccc(C(=O)NC[C@](O)(c3cc4c(c(-c5ccc(F)cc5)n3)OC[C@]4(C)C(N)=O)C(F)(F)F)cc2s1. The predicted molar refractivity (Wildman–Crippen MR) is 148 cm³/mol. The standard InChI is InChI=1S/C28H25F4N5O4S/c1-26(24(33)39)13-41-22-17(26)11-20(36-21(22)14-4-7-16(29)8-5-14)27(40,28(30,31)32)12-34-23(38)15-6-9-18-19(10-15)42-25(35-18)37(2)3/h4-11,40H,12-13H2,1-3H3,(H2,33,39)(H,34,38)/t26-,27-/m0/s1. The number of ether oxygens (including phenoxy) is 1. The van der Waals surface area contributed by atoms with E-state index in [4.69, 9.17) is 10.5 Å². The highest BCUT2D eigenvalue weighted by molar-refractivity contribution is 7.22. The lowest BCUT2D eigenvalue weighted by Crippen LogP contribution is -2.51. The van der Waals surface area contributed by atoms with Crippen molar-refractivity contribution in [2.24, 2.45) is 5.73 Å². The van der Waals surface area contributed by atoms with Gasteiger partial charge in [0.25, 0.3) is 5.91 Å². The van der Waals surface area contributed by atoms with E-state index in [1.165, 1.54) is 42.5 Å². The third-order valence-electron chi connectivity index (χ3n) is 7.15. The molecule has 0 unspecified atom stereocenters. The number of nitrogens with one attached hydrogen (secondary N) is 1. The summed E-state index contributed by atoms with van der Waals surface area (Å²) in [5.41, 5.74) is 0.0986. The number of alkyl halides is 3. The molecule has 42 heavy (non-hydrogen) atoms. The Kier molecular flexibility index (Phi) is 7.10. The number of aromatic nitrogens is 2. The Bertz CT molecular complexity index is 1710. The van der Waals surface area contributed by atoms with Crippen LogP contribution in [0.4, 0.5) is 22.7 Å². The van der Waals surface area contributed by atoms with Crippen LogP contribution in [0.5, 0.6) is 5.75 Å². The number of fused-ring (bicyclic) bond motifs is 2. The zero-order valence-corrected chi connectivity index (χ0v) is 23.4. The number of halogens is 4. The summed E-state index contributed by atoms with van der Waals surface area (Å²) in [5.74, 6) is -2.36. The lowest BCUT2D eigenvalue weighted by molar-refractivity contribution is -0.265. The Labute approximate surface area is 240 Å². The molecule has 4 aromatic rings. The molecule has 0 saturated carbocycles. The molecule has 14 heteroatoms. The number of rotatable bonds is 7. The highest BCUT2D eigenvalue weighted by Crippen LogP contribution is 2.47. The largest absolute Gasteiger partial charge is 0.489 e. The normalized spacial score (nSPS) is 17.8. The summed E-state index contributed by atoms with van der Waals surface area (Å²) in [5, 5.41) is 14.0. The number of primary amides is 1. The summed E-state index contributed by atoms with van der Waals surface area (Å²) < 4.78 is 63.7. The van der Waals surface area contributed by atoms with Crippen LogP contribution in [0.1, 0.15) is 28.5 Å². The number of carbonyl (C=O) groups excluding carboxylic acids is 2. The monoisotopic (exact) mass is 603 g/mol. The quantitative estimate of drug-likeness (QED) is 0.274. The van der Waals surface area contributed by atoms with Gasteiger partial charge < -0.3 is 25.8 Å². The van der Waals surface area contributed by atoms with Crippen LogP contribution in [0.15, 0.2) is 48.5 Å². The molecule has 0 radical (unpaired) electrons. The molecule has 0 bridgehead atoms. The van der Waals surface area contributed by atoms with E-state index in [2.05, 4.69) is 15.3 Å². The minimum absolute atomic E-state index is 0.0184. The molecule has 1 aliphatic heterocycles. The molecule has 2 aromatic heterocycles. The van der Waals surface area contributed by atoms with E-state index in [1.54, 1.807) is 25.1 Å². The van der Waals surface area contributed by atoms with Gasteiger partial charge in [-0.05, 0) is 55.5 Å². The van der Waals surface area contributed by atoms with Crippen molar-refractivity contribution in [1.82, 2.24) is 15.3 Å². The zero-order valence-electron chi connectivity index (χ0n) is 22.5. The molecule has 1 aliphatic rings. The second kappa shape index (κ2) is 10.2. The lowest BCUT2D eigenvalue weighted by atomic mass is 9.81. The van der Waals surface area contributed by atoms with Crippen LogP contribution in [0.25, 0.3) is 21.5 Å². The van der Waals surface area contributed by atoms with Crippen LogP contribution < -0.4 is 20.7 Å². The van der Waals surface area contributed by atoms with Crippen LogP contribution in [0, 0.1) is 5.82 Å². The molecular weight excluding hydrogens is 578 g/mol. The highest BCUT2D eigenvalue weighted by Gasteiger charge is 2.57. The van der Waals surface area contributed by atoms with Gasteiger partial charge in [0.15, 0.2) is 5.13 Å². The Morgan fingerprint density at radius 2 is 1.83 bits per heavy atom. The number of aliphatic hydroxyl groups is 1.